The van der Waals surface area contributed by atoms with E-state index in [1.54, 1.807) is 12.1 Å². The molecule has 118 valence electrons. The predicted molar refractivity (Wildman–Crippen MR) is 74.0 cm³/mol. The maximum atomic E-state index is 12.0. The molecule has 1 aliphatic rings. The van der Waals surface area contributed by atoms with Crippen LogP contribution >= 0.6 is 0 Å². The van der Waals surface area contributed by atoms with Crippen molar-refractivity contribution in [2.75, 3.05) is 0 Å². The highest BCUT2D eigenvalue weighted by atomic mass is 19.4. The molecule has 0 spiro atoms. The van der Waals surface area contributed by atoms with Crippen molar-refractivity contribution in [2.24, 2.45) is 5.92 Å². The number of rotatable bonds is 6. The van der Waals surface area contributed by atoms with Crippen LogP contribution in [0.1, 0.15) is 44.1 Å². The Hall–Kier alpha value is -1.23. The van der Waals surface area contributed by atoms with Crippen molar-refractivity contribution in [1.82, 2.24) is 0 Å². The molecule has 0 radical (unpaired) electrons. The highest BCUT2D eigenvalue weighted by Gasteiger charge is 2.30. The summed E-state index contributed by atoms with van der Waals surface area (Å²) in [7, 11) is 0. The maximum absolute atomic E-state index is 12.0. The van der Waals surface area contributed by atoms with Crippen LogP contribution < -0.4 is 4.74 Å². The molecule has 1 fully saturated rings. The first-order chi connectivity index (χ1) is 9.92. The third kappa shape index (κ3) is 5.96. The normalized spacial score (nSPS) is 17.9. The number of aliphatic hydroxyl groups excluding tert-OH is 1. The van der Waals surface area contributed by atoms with Gasteiger partial charge in [-0.1, -0.05) is 37.8 Å². The lowest BCUT2D eigenvalue weighted by Crippen LogP contribution is -2.17. The van der Waals surface area contributed by atoms with Gasteiger partial charge in [0.05, 0.1) is 6.10 Å². The van der Waals surface area contributed by atoms with E-state index in [9.17, 15) is 18.3 Å². The van der Waals surface area contributed by atoms with Crippen molar-refractivity contribution in [3.8, 4) is 5.75 Å². The Morgan fingerprint density at radius 1 is 1.14 bits per heavy atom. The highest BCUT2D eigenvalue weighted by Crippen LogP contribution is 2.29. The molecule has 1 aromatic carbocycles. The fourth-order valence-electron chi connectivity index (χ4n) is 2.93. The van der Waals surface area contributed by atoms with Crippen LogP contribution in [-0.2, 0) is 6.42 Å². The van der Waals surface area contributed by atoms with Gasteiger partial charge in [-0.05, 0) is 42.9 Å². The molecule has 0 heterocycles. The second kappa shape index (κ2) is 7.16. The van der Waals surface area contributed by atoms with E-state index in [0.29, 0.717) is 6.42 Å². The van der Waals surface area contributed by atoms with E-state index in [2.05, 4.69) is 4.74 Å². The number of ether oxygens (including phenoxy) is 1. The first kappa shape index (κ1) is 16.1. The van der Waals surface area contributed by atoms with Gasteiger partial charge in [-0.2, -0.15) is 0 Å². The van der Waals surface area contributed by atoms with Crippen LogP contribution in [0.4, 0.5) is 13.2 Å². The Kier molecular flexibility index (Phi) is 5.51. The minimum absolute atomic E-state index is 0.230. The molecule has 1 saturated carbocycles. The summed E-state index contributed by atoms with van der Waals surface area (Å²) in [6, 6.07) is 5.71. The van der Waals surface area contributed by atoms with Crippen LogP contribution in [0.3, 0.4) is 0 Å². The molecular weight excluding hydrogens is 281 g/mol. The van der Waals surface area contributed by atoms with Crippen molar-refractivity contribution in [3.05, 3.63) is 29.8 Å². The van der Waals surface area contributed by atoms with E-state index in [-0.39, 0.29) is 5.75 Å². The van der Waals surface area contributed by atoms with Crippen LogP contribution in [0, 0.1) is 5.92 Å². The molecule has 0 amide bonds. The quantitative estimate of drug-likeness (QED) is 0.840. The van der Waals surface area contributed by atoms with Crippen molar-refractivity contribution in [2.45, 2.75) is 57.4 Å². The van der Waals surface area contributed by atoms with Gasteiger partial charge in [0.2, 0.25) is 0 Å². The molecule has 1 unspecified atom stereocenters. The van der Waals surface area contributed by atoms with Crippen LogP contribution in [0.25, 0.3) is 0 Å². The summed E-state index contributed by atoms with van der Waals surface area (Å²) in [5, 5.41) is 10.0. The van der Waals surface area contributed by atoms with Gasteiger partial charge in [0.1, 0.15) is 5.75 Å². The molecular formula is C16H21F3O2. The average molecular weight is 302 g/mol. The molecule has 2 rings (SSSR count). The van der Waals surface area contributed by atoms with Crippen LogP contribution in [0.15, 0.2) is 24.3 Å². The minimum Gasteiger partial charge on any atom is -0.406 e. The number of aliphatic hydroxyl groups is 1. The predicted octanol–water partition coefficient (Wildman–Crippen LogP) is 4.46. The van der Waals surface area contributed by atoms with Gasteiger partial charge in [-0.15, -0.1) is 13.2 Å². The zero-order valence-corrected chi connectivity index (χ0v) is 11.9. The van der Waals surface area contributed by atoms with Gasteiger partial charge in [-0.25, -0.2) is 0 Å². The summed E-state index contributed by atoms with van der Waals surface area (Å²) in [5.74, 6) is 0.508. The molecule has 0 aromatic heterocycles. The third-order valence-corrected chi connectivity index (χ3v) is 4.01. The van der Waals surface area contributed by atoms with E-state index in [1.807, 2.05) is 0 Å². The fourth-order valence-corrected chi connectivity index (χ4v) is 2.93. The summed E-state index contributed by atoms with van der Waals surface area (Å²) >= 11 is 0. The van der Waals surface area contributed by atoms with E-state index in [4.69, 9.17) is 0 Å². The molecule has 1 atom stereocenters. The first-order valence-electron chi connectivity index (χ1n) is 7.45. The van der Waals surface area contributed by atoms with Gasteiger partial charge in [0.15, 0.2) is 0 Å². The number of alkyl halides is 3. The molecule has 0 bridgehead atoms. The van der Waals surface area contributed by atoms with Crippen LogP contribution in [0.5, 0.6) is 5.75 Å². The second-order valence-corrected chi connectivity index (χ2v) is 5.78. The Morgan fingerprint density at radius 2 is 1.76 bits per heavy atom. The lowest BCUT2D eigenvalue weighted by Gasteiger charge is -2.14. The number of hydrogen-bond donors (Lipinski definition) is 1. The Balaban J connectivity index is 1.76. The Labute approximate surface area is 122 Å². The zero-order valence-electron chi connectivity index (χ0n) is 11.9. The average Bonchev–Trinajstić information content (AvgIpc) is 2.90. The largest absolute Gasteiger partial charge is 0.573 e. The highest BCUT2D eigenvalue weighted by molar-refractivity contribution is 5.27. The zero-order chi connectivity index (χ0) is 15.3. The third-order valence-electron chi connectivity index (χ3n) is 4.01. The summed E-state index contributed by atoms with van der Waals surface area (Å²) in [4.78, 5) is 0. The van der Waals surface area contributed by atoms with Gasteiger partial charge in [0, 0.05) is 0 Å². The van der Waals surface area contributed by atoms with Crippen molar-refractivity contribution in [1.29, 1.82) is 0 Å². The van der Waals surface area contributed by atoms with E-state index >= 15 is 0 Å². The molecule has 1 N–H and O–H groups in total. The van der Waals surface area contributed by atoms with E-state index < -0.39 is 12.5 Å². The topological polar surface area (TPSA) is 29.5 Å². The number of hydrogen-bond acceptors (Lipinski definition) is 2. The first-order valence-corrected chi connectivity index (χ1v) is 7.45. The van der Waals surface area contributed by atoms with Crippen LogP contribution in [0.2, 0.25) is 0 Å². The molecule has 0 saturated heterocycles. The summed E-state index contributed by atoms with van der Waals surface area (Å²) in [6.45, 7) is 0. The smallest absolute Gasteiger partial charge is 0.406 e. The van der Waals surface area contributed by atoms with E-state index in [0.717, 1.165) is 24.3 Å². The Bertz CT molecular complexity index is 422. The van der Waals surface area contributed by atoms with Gasteiger partial charge >= 0.3 is 6.36 Å². The van der Waals surface area contributed by atoms with Crippen molar-refractivity contribution in [3.63, 3.8) is 0 Å². The number of benzene rings is 1. The SMILES string of the molecule is OC(CCC1CCCC1)Cc1ccc(OC(F)(F)F)cc1. The molecule has 21 heavy (non-hydrogen) atoms. The fraction of sp³-hybridized carbons (Fsp3) is 0.625. The molecule has 2 nitrogen and oxygen atoms in total. The van der Waals surface area contributed by atoms with Crippen LogP contribution in [-0.4, -0.2) is 17.6 Å². The van der Waals surface area contributed by atoms with E-state index in [1.165, 1.54) is 37.8 Å². The van der Waals surface area contributed by atoms with Gasteiger partial charge < -0.3 is 9.84 Å². The molecule has 1 aromatic rings. The molecule has 1 aliphatic carbocycles. The summed E-state index contributed by atoms with van der Waals surface area (Å²) in [6.07, 6.45) is 2.28. The van der Waals surface area contributed by atoms with Crippen molar-refractivity contribution < 1.29 is 23.0 Å². The molecule has 5 heteroatoms. The maximum Gasteiger partial charge on any atom is 0.573 e. The summed E-state index contributed by atoms with van der Waals surface area (Å²) < 4.78 is 39.9. The summed E-state index contributed by atoms with van der Waals surface area (Å²) in [5.41, 5.74) is 0.823. The van der Waals surface area contributed by atoms with Crippen molar-refractivity contribution >= 4 is 0 Å². The minimum atomic E-state index is -4.66. The second-order valence-electron chi connectivity index (χ2n) is 5.78. The monoisotopic (exact) mass is 302 g/mol. The lowest BCUT2D eigenvalue weighted by molar-refractivity contribution is -0.274. The molecule has 0 aliphatic heterocycles. The standard InChI is InChI=1S/C16H21F3O2/c17-16(18,19)21-15-9-6-13(7-10-15)11-14(20)8-5-12-3-1-2-4-12/h6-7,9-10,12,14,20H,1-5,8,11H2. The van der Waals surface area contributed by atoms with Gasteiger partial charge in [-0.3, -0.25) is 0 Å². The lowest BCUT2D eigenvalue weighted by atomic mass is 9.97. The Morgan fingerprint density at radius 3 is 2.33 bits per heavy atom. The number of halogens is 3. The van der Waals surface area contributed by atoms with Gasteiger partial charge in [0.25, 0.3) is 0 Å².